The van der Waals surface area contributed by atoms with Gasteiger partial charge in [-0.1, -0.05) is 6.07 Å². The van der Waals surface area contributed by atoms with Crippen LogP contribution in [0.5, 0.6) is 0 Å². The summed E-state index contributed by atoms with van der Waals surface area (Å²) in [6.07, 6.45) is -0.225. The maximum absolute atomic E-state index is 11.7. The lowest BCUT2D eigenvalue weighted by molar-refractivity contribution is 0.105. The first-order valence-corrected chi connectivity index (χ1v) is 7.30. The maximum atomic E-state index is 11.7. The minimum atomic E-state index is -0.225. The molecular formula is C15H20N4O2. The van der Waals surface area contributed by atoms with Crippen LogP contribution in [0.15, 0.2) is 18.2 Å². The van der Waals surface area contributed by atoms with Crippen LogP contribution in [-0.4, -0.2) is 53.7 Å². The van der Waals surface area contributed by atoms with Crippen LogP contribution in [0.3, 0.4) is 0 Å². The average Bonchev–Trinajstić information content (AvgIpc) is 2.90. The Balaban J connectivity index is 1.69. The number of nitrogens with zero attached hydrogens (tertiary/aromatic N) is 3. The van der Waals surface area contributed by atoms with Gasteiger partial charge in [-0.25, -0.2) is 9.78 Å². The van der Waals surface area contributed by atoms with E-state index in [9.17, 15) is 4.79 Å². The number of anilines is 1. The molecule has 6 nitrogen and oxygen atoms in total. The number of carbonyl (C=O) groups is 1. The number of H-pyrrole nitrogens is 1. The zero-order chi connectivity index (χ0) is 14.8. The number of imidazole rings is 1. The summed E-state index contributed by atoms with van der Waals surface area (Å²) >= 11 is 0. The van der Waals surface area contributed by atoms with Crippen molar-refractivity contribution in [3.05, 3.63) is 23.8 Å². The van der Waals surface area contributed by atoms with E-state index in [1.807, 2.05) is 13.0 Å². The quantitative estimate of drug-likeness (QED) is 0.920. The fraction of sp³-hybridized carbons (Fsp3) is 0.467. The van der Waals surface area contributed by atoms with Crippen LogP contribution < -0.4 is 4.90 Å². The summed E-state index contributed by atoms with van der Waals surface area (Å²) in [5.41, 5.74) is 3.24. The molecule has 1 aliphatic rings. The Morgan fingerprint density at radius 3 is 2.81 bits per heavy atom. The molecule has 6 heteroatoms. The lowest BCUT2D eigenvalue weighted by atomic mass is 10.2. The molecule has 1 aromatic heterocycles. The SMILES string of the molecule is CCOC(=O)N1CCN(c2nc3ccc(C)cc3[nH]2)CC1. The Bertz CT molecular complexity index is 644. The van der Waals surface area contributed by atoms with Crippen LogP contribution in [0.4, 0.5) is 10.7 Å². The highest BCUT2D eigenvalue weighted by molar-refractivity contribution is 5.78. The molecular weight excluding hydrogens is 268 g/mol. The van der Waals surface area contributed by atoms with Crippen molar-refractivity contribution in [2.75, 3.05) is 37.7 Å². The number of benzene rings is 1. The van der Waals surface area contributed by atoms with Crippen molar-refractivity contribution in [1.29, 1.82) is 0 Å². The number of ether oxygens (including phenoxy) is 1. The molecule has 2 heterocycles. The third-order valence-electron chi connectivity index (χ3n) is 3.73. The van der Waals surface area contributed by atoms with Crippen LogP contribution >= 0.6 is 0 Å². The fourth-order valence-corrected chi connectivity index (χ4v) is 2.58. The van der Waals surface area contributed by atoms with Crippen molar-refractivity contribution in [3.63, 3.8) is 0 Å². The summed E-state index contributed by atoms with van der Waals surface area (Å²) in [5.74, 6) is 0.874. The van der Waals surface area contributed by atoms with E-state index in [0.29, 0.717) is 19.7 Å². The number of carbonyl (C=O) groups excluding carboxylic acids is 1. The molecule has 0 aliphatic carbocycles. The number of hydrogen-bond donors (Lipinski definition) is 1. The van der Waals surface area contributed by atoms with Gasteiger partial charge < -0.3 is 19.5 Å². The highest BCUT2D eigenvalue weighted by atomic mass is 16.6. The minimum Gasteiger partial charge on any atom is -0.450 e. The molecule has 1 saturated heterocycles. The number of aromatic nitrogens is 2. The number of fused-ring (bicyclic) bond motifs is 1. The van der Waals surface area contributed by atoms with Crippen LogP contribution in [-0.2, 0) is 4.74 Å². The predicted octanol–water partition coefficient (Wildman–Crippen LogP) is 2.15. The lowest BCUT2D eigenvalue weighted by Gasteiger charge is -2.33. The van der Waals surface area contributed by atoms with E-state index >= 15 is 0 Å². The van der Waals surface area contributed by atoms with Gasteiger partial charge in [-0.3, -0.25) is 0 Å². The molecule has 3 rings (SSSR count). The molecule has 2 aromatic rings. The number of rotatable bonds is 2. The van der Waals surface area contributed by atoms with Gasteiger partial charge in [0.05, 0.1) is 17.6 Å². The van der Waals surface area contributed by atoms with Crippen molar-refractivity contribution >= 4 is 23.1 Å². The van der Waals surface area contributed by atoms with Gasteiger partial charge in [-0.15, -0.1) is 0 Å². The Hall–Kier alpha value is -2.24. The summed E-state index contributed by atoms with van der Waals surface area (Å²) in [4.78, 5) is 23.6. The third-order valence-corrected chi connectivity index (χ3v) is 3.73. The zero-order valence-electron chi connectivity index (χ0n) is 12.4. The second-order valence-corrected chi connectivity index (χ2v) is 5.25. The van der Waals surface area contributed by atoms with Gasteiger partial charge in [0.25, 0.3) is 0 Å². The highest BCUT2D eigenvalue weighted by Gasteiger charge is 2.23. The predicted molar refractivity (Wildman–Crippen MR) is 81.6 cm³/mol. The van der Waals surface area contributed by atoms with Crippen molar-refractivity contribution in [2.24, 2.45) is 0 Å². The van der Waals surface area contributed by atoms with Crippen LogP contribution in [0.2, 0.25) is 0 Å². The number of hydrogen-bond acceptors (Lipinski definition) is 4. The van der Waals surface area contributed by atoms with Gasteiger partial charge in [-0.2, -0.15) is 0 Å². The molecule has 0 unspecified atom stereocenters. The van der Waals surface area contributed by atoms with Gasteiger partial charge in [0, 0.05) is 26.2 Å². The zero-order valence-corrected chi connectivity index (χ0v) is 12.4. The Labute approximate surface area is 123 Å². The van der Waals surface area contributed by atoms with E-state index in [1.165, 1.54) is 5.56 Å². The van der Waals surface area contributed by atoms with E-state index in [1.54, 1.807) is 4.90 Å². The van der Waals surface area contributed by atoms with Gasteiger partial charge in [0.1, 0.15) is 0 Å². The topological polar surface area (TPSA) is 61.5 Å². The van der Waals surface area contributed by atoms with Crippen molar-refractivity contribution in [1.82, 2.24) is 14.9 Å². The number of aromatic amines is 1. The average molecular weight is 288 g/mol. The largest absolute Gasteiger partial charge is 0.450 e. The Morgan fingerprint density at radius 1 is 1.33 bits per heavy atom. The van der Waals surface area contributed by atoms with Gasteiger partial charge >= 0.3 is 6.09 Å². The molecule has 1 fully saturated rings. The Morgan fingerprint density at radius 2 is 2.10 bits per heavy atom. The van der Waals surface area contributed by atoms with Gasteiger partial charge in [0.2, 0.25) is 5.95 Å². The molecule has 1 aromatic carbocycles. The monoisotopic (exact) mass is 288 g/mol. The first-order valence-electron chi connectivity index (χ1n) is 7.30. The molecule has 1 aliphatic heterocycles. The van der Waals surface area contributed by atoms with E-state index in [4.69, 9.17) is 4.74 Å². The van der Waals surface area contributed by atoms with Gasteiger partial charge in [0.15, 0.2) is 0 Å². The summed E-state index contributed by atoms with van der Waals surface area (Å²) in [6, 6.07) is 6.19. The fourth-order valence-electron chi connectivity index (χ4n) is 2.58. The van der Waals surface area contributed by atoms with Crippen LogP contribution in [0.25, 0.3) is 11.0 Å². The third kappa shape index (κ3) is 2.79. The molecule has 0 radical (unpaired) electrons. The number of piperazine rings is 1. The minimum absolute atomic E-state index is 0.225. The summed E-state index contributed by atoms with van der Waals surface area (Å²) in [7, 11) is 0. The Kier molecular flexibility index (Phi) is 3.68. The second kappa shape index (κ2) is 5.63. The summed E-state index contributed by atoms with van der Waals surface area (Å²) in [5, 5.41) is 0. The van der Waals surface area contributed by atoms with Crippen LogP contribution in [0.1, 0.15) is 12.5 Å². The van der Waals surface area contributed by atoms with E-state index < -0.39 is 0 Å². The smallest absolute Gasteiger partial charge is 0.409 e. The molecule has 0 atom stereocenters. The molecule has 1 amide bonds. The molecule has 1 N–H and O–H groups in total. The molecule has 21 heavy (non-hydrogen) atoms. The van der Waals surface area contributed by atoms with Crippen molar-refractivity contribution < 1.29 is 9.53 Å². The number of amides is 1. The van der Waals surface area contributed by atoms with Gasteiger partial charge in [-0.05, 0) is 31.5 Å². The number of nitrogens with one attached hydrogen (secondary N) is 1. The summed E-state index contributed by atoms with van der Waals surface area (Å²) in [6.45, 7) is 7.16. The first kappa shape index (κ1) is 13.7. The van der Waals surface area contributed by atoms with Crippen LogP contribution in [0, 0.1) is 6.92 Å². The summed E-state index contributed by atoms with van der Waals surface area (Å²) < 4.78 is 5.03. The first-order chi connectivity index (χ1) is 10.2. The van der Waals surface area contributed by atoms with E-state index in [2.05, 4.69) is 33.9 Å². The standard InChI is InChI=1S/C15H20N4O2/c1-3-21-15(20)19-8-6-18(7-9-19)14-16-12-5-4-11(2)10-13(12)17-14/h4-5,10H,3,6-9H2,1-2H3,(H,16,17). The molecule has 0 bridgehead atoms. The van der Waals surface area contributed by atoms with Crippen molar-refractivity contribution in [2.45, 2.75) is 13.8 Å². The highest BCUT2D eigenvalue weighted by Crippen LogP contribution is 2.19. The second-order valence-electron chi connectivity index (χ2n) is 5.25. The molecule has 0 spiro atoms. The molecule has 0 saturated carbocycles. The normalized spacial score (nSPS) is 15.5. The number of aryl methyl sites for hydroxylation is 1. The maximum Gasteiger partial charge on any atom is 0.409 e. The molecule has 112 valence electrons. The van der Waals surface area contributed by atoms with Crippen molar-refractivity contribution in [3.8, 4) is 0 Å². The lowest BCUT2D eigenvalue weighted by Crippen LogP contribution is -2.49. The van der Waals surface area contributed by atoms with E-state index in [0.717, 1.165) is 30.1 Å². The van der Waals surface area contributed by atoms with E-state index in [-0.39, 0.29) is 6.09 Å².